The van der Waals surface area contributed by atoms with Crippen LogP contribution in [0.15, 0.2) is 12.3 Å². The van der Waals surface area contributed by atoms with Crippen LogP contribution in [-0.4, -0.2) is 41.8 Å². The first kappa shape index (κ1) is 16.6. The second-order valence-electron chi connectivity index (χ2n) is 7.06. The number of amides is 3. The van der Waals surface area contributed by atoms with Gasteiger partial charge in [0.15, 0.2) is 0 Å². The minimum atomic E-state index is -0.472. The number of ether oxygens (including phenoxy) is 1. The molecule has 2 N–H and O–H groups in total. The SMILES string of the molecule is CC(C)(C)OC(=O)N1CCC(NC(=O)N/C=C/C2CC2)CC1. The molecule has 6 nitrogen and oxygen atoms in total. The number of hydrogen-bond donors (Lipinski definition) is 2. The molecule has 0 unspecified atom stereocenters. The number of urea groups is 1. The van der Waals surface area contributed by atoms with Crippen molar-refractivity contribution < 1.29 is 14.3 Å². The molecule has 0 aromatic rings. The fourth-order valence-corrected chi connectivity index (χ4v) is 2.31. The van der Waals surface area contributed by atoms with Gasteiger partial charge in [0.25, 0.3) is 0 Å². The largest absolute Gasteiger partial charge is 0.444 e. The van der Waals surface area contributed by atoms with E-state index in [1.54, 1.807) is 11.1 Å². The molecule has 6 heteroatoms. The summed E-state index contributed by atoms with van der Waals surface area (Å²) >= 11 is 0. The van der Waals surface area contributed by atoms with Gasteiger partial charge in [-0.05, 0) is 52.4 Å². The Hall–Kier alpha value is -1.72. The van der Waals surface area contributed by atoms with Crippen molar-refractivity contribution in [3.63, 3.8) is 0 Å². The minimum Gasteiger partial charge on any atom is -0.444 e. The van der Waals surface area contributed by atoms with Crippen LogP contribution in [-0.2, 0) is 4.74 Å². The van der Waals surface area contributed by atoms with Gasteiger partial charge >= 0.3 is 12.1 Å². The van der Waals surface area contributed by atoms with Crippen LogP contribution >= 0.6 is 0 Å². The third-order valence-corrected chi connectivity index (χ3v) is 3.69. The summed E-state index contributed by atoms with van der Waals surface area (Å²) in [5, 5.41) is 5.67. The number of carbonyl (C=O) groups is 2. The lowest BCUT2D eigenvalue weighted by Crippen LogP contribution is -2.49. The average molecular weight is 309 g/mol. The molecule has 1 saturated heterocycles. The van der Waals surface area contributed by atoms with Crippen molar-refractivity contribution in [2.75, 3.05) is 13.1 Å². The van der Waals surface area contributed by atoms with Gasteiger partial charge in [0.05, 0.1) is 0 Å². The third kappa shape index (κ3) is 5.95. The smallest absolute Gasteiger partial charge is 0.410 e. The standard InChI is InChI=1S/C16H27N3O3/c1-16(2,3)22-15(21)19-10-7-13(8-11-19)18-14(20)17-9-6-12-4-5-12/h6,9,12-13H,4-5,7-8,10-11H2,1-3H3,(H2,17,18,20)/b9-6+. The third-order valence-electron chi connectivity index (χ3n) is 3.69. The highest BCUT2D eigenvalue weighted by Crippen LogP contribution is 2.29. The summed E-state index contributed by atoms with van der Waals surface area (Å²) in [5.74, 6) is 0.650. The van der Waals surface area contributed by atoms with E-state index in [1.165, 1.54) is 12.8 Å². The van der Waals surface area contributed by atoms with Crippen molar-refractivity contribution >= 4 is 12.1 Å². The Morgan fingerprint density at radius 2 is 1.77 bits per heavy atom. The van der Waals surface area contributed by atoms with Gasteiger partial charge in [-0.2, -0.15) is 0 Å². The van der Waals surface area contributed by atoms with E-state index in [0.717, 1.165) is 12.8 Å². The quantitative estimate of drug-likeness (QED) is 0.842. The zero-order chi connectivity index (χ0) is 16.2. The summed E-state index contributed by atoms with van der Waals surface area (Å²) in [4.78, 5) is 25.4. The van der Waals surface area contributed by atoms with Crippen molar-refractivity contribution in [2.24, 2.45) is 5.92 Å². The monoisotopic (exact) mass is 309 g/mol. The molecule has 1 saturated carbocycles. The van der Waals surface area contributed by atoms with Crippen LogP contribution in [0.5, 0.6) is 0 Å². The molecule has 0 spiro atoms. The van der Waals surface area contributed by atoms with Gasteiger partial charge in [-0.1, -0.05) is 6.08 Å². The second kappa shape index (κ2) is 7.03. The van der Waals surface area contributed by atoms with E-state index >= 15 is 0 Å². The Labute approximate surface area is 132 Å². The molecule has 0 atom stereocenters. The molecule has 22 heavy (non-hydrogen) atoms. The lowest BCUT2D eigenvalue weighted by molar-refractivity contribution is 0.0201. The topological polar surface area (TPSA) is 70.7 Å². The molecular formula is C16H27N3O3. The molecular weight excluding hydrogens is 282 g/mol. The van der Waals surface area contributed by atoms with Crippen LogP contribution < -0.4 is 10.6 Å². The fraction of sp³-hybridized carbons (Fsp3) is 0.750. The maximum atomic E-state index is 11.9. The number of piperidine rings is 1. The van der Waals surface area contributed by atoms with E-state index in [9.17, 15) is 9.59 Å². The number of nitrogens with zero attached hydrogens (tertiary/aromatic N) is 1. The highest BCUT2D eigenvalue weighted by Gasteiger charge is 2.27. The summed E-state index contributed by atoms with van der Waals surface area (Å²) in [5.41, 5.74) is -0.472. The van der Waals surface area contributed by atoms with Crippen LogP contribution in [0.25, 0.3) is 0 Å². The van der Waals surface area contributed by atoms with Crippen molar-refractivity contribution in [1.82, 2.24) is 15.5 Å². The van der Waals surface area contributed by atoms with Crippen molar-refractivity contribution in [3.8, 4) is 0 Å². The molecule has 2 rings (SSSR count). The Morgan fingerprint density at radius 1 is 1.14 bits per heavy atom. The zero-order valence-corrected chi connectivity index (χ0v) is 13.7. The molecule has 0 radical (unpaired) electrons. The van der Waals surface area contributed by atoms with E-state index in [2.05, 4.69) is 10.6 Å². The predicted molar refractivity (Wildman–Crippen MR) is 84.4 cm³/mol. The molecule has 124 valence electrons. The Balaban J connectivity index is 1.65. The Bertz CT molecular complexity index is 430. The van der Waals surface area contributed by atoms with Crippen LogP contribution in [0.2, 0.25) is 0 Å². The number of rotatable bonds is 3. The van der Waals surface area contributed by atoms with Gasteiger partial charge in [0.1, 0.15) is 5.60 Å². The first-order valence-electron chi connectivity index (χ1n) is 8.05. The molecule has 0 bridgehead atoms. The summed E-state index contributed by atoms with van der Waals surface area (Å²) < 4.78 is 5.35. The number of hydrogen-bond acceptors (Lipinski definition) is 3. The summed E-state index contributed by atoms with van der Waals surface area (Å²) in [6, 6.07) is -0.0689. The van der Waals surface area contributed by atoms with Gasteiger partial charge in [-0.15, -0.1) is 0 Å². The van der Waals surface area contributed by atoms with Gasteiger partial charge in [0, 0.05) is 25.3 Å². The molecule has 1 heterocycles. The maximum Gasteiger partial charge on any atom is 0.410 e. The van der Waals surface area contributed by atoms with Crippen LogP contribution in [0.1, 0.15) is 46.5 Å². The van der Waals surface area contributed by atoms with Crippen LogP contribution in [0.4, 0.5) is 9.59 Å². The molecule has 2 aliphatic rings. The highest BCUT2D eigenvalue weighted by molar-refractivity contribution is 5.75. The average Bonchev–Trinajstić information content (AvgIpc) is 3.21. The van der Waals surface area contributed by atoms with Gasteiger partial charge < -0.3 is 20.3 Å². The van der Waals surface area contributed by atoms with E-state index in [4.69, 9.17) is 4.74 Å². The normalized spacial score (nSPS) is 20.0. The van der Waals surface area contributed by atoms with E-state index in [1.807, 2.05) is 26.8 Å². The Kier molecular flexibility index (Phi) is 5.32. The van der Waals surface area contributed by atoms with Crippen LogP contribution in [0, 0.1) is 5.92 Å². The molecule has 2 fully saturated rings. The van der Waals surface area contributed by atoms with Gasteiger partial charge in [0.2, 0.25) is 0 Å². The second-order valence-corrected chi connectivity index (χ2v) is 7.06. The number of allylic oxidation sites excluding steroid dienone is 1. The summed E-state index contributed by atoms with van der Waals surface area (Å²) in [6.45, 7) is 6.80. The van der Waals surface area contributed by atoms with Gasteiger partial charge in [-0.25, -0.2) is 9.59 Å². The number of carbonyl (C=O) groups excluding carboxylic acids is 2. The number of nitrogens with one attached hydrogen (secondary N) is 2. The summed E-state index contributed by atoms with van der Waals surface area (Å²) in [6.07, 6.45) is 7.43. The number of likely N-dealkylation sites (tertiary alicyclic amines) is 1. The first-order valence-corrected chi connectivity index (χ1v) is 8.05. The molecule has 0 aromatic heterocycles. The van der Waals surface area contributed by atoms with E-state index < -0.39 is 5.60 Å². The molecule has 1 aliphatic heterocycles. The van der Waals surface area contributed by atoms with Crippen LogP contribution in [0.3, 0.4) is 0 Å². The highest BCUT2D eigenvalue weighted by atomic mass is 16.6. The molecule has 1 aliphatic carbocycles. The lowest BCUT2D eigenvalue weighted by atomic mass is 10.1. The van der Waals surface area contributed by atoms with Gasteiger partial charge in [-0.3, -0.25) is 0 Å². The lowest BCUT2D eigenvalue weighted by Gasteiger charge is -2.33. The van der Waals surface area contributed by atoms with Crippen molar-refractivity contribution in [1.29, 1.82) is 0 Å². The first-order chi connectivity index (χ1) is 10.3. The fourth-order valence-electron chi connectivity index (χ4n) is 2.31. The Morgan fingerprint density at radius 3 is 2.32 bits per heavy atom. The van der Waals surface area contributed by atoms with Crippen molar-refractivity contribution in [2.45, 2.75) is 58.1 Å². The van der Waals surface area contributed by atoms with Crippen molar-refractivity contribution in [3.05, 3.63) is 12.3 Å². The maximum absolute atomic E-state index is 11.9. The predicted octanol–water partition coefficient (Wildman–Crippen LogP) is 2.61. The van der Waals surface area contributed by atoms with E-state index in [0.29, 0.717) is 19.0 Å². The summed E-state index contributed by atoms with van der Waals surface area (Å²) in [7, 11) is 0. The molecule has 3 amide bonds. The van der Waals surface area contributed by atoms with E-state index in [-0.39, 0.29) is 18.2 Å². The zero-order valence-electron chi connectivity index (χ0n) is 13.7. The molecule has 0 aromatic carbocycles. The minimum absolute atomic E-state index is 0.105.